The summed E-state index contributed by atoms with van der Waals surface area (Å²) in [5.41, 5.74) is 1.32. The second-order valence-corrected chi connectivity index (χ2v) is 4.45. The Hall–Kier alpha value is -0.170. The van der Waals surface area contributed by atoms with Crippen LogP contribution in [0.5, 0.6) is 0 Å². The molecule has 1 aromatic rings. The molecule has 0 bridgehead atoms. The Bertz CT molecular complexity index is 330. The molecule has 0 fully saturated rings. The van der Waals surface area contributed by atoms with Gasteiger partial charge in [0.25, 0.3) is 10.0 Å². The lowest BCUT2D eigenvalue weighted by atomic mass is 11.0. The lowest BCUT2D eigenvalue weighted by Crippen LogP contribution is -2.10. The zero-order chi connectivity index (χ0) is 7.78. The molecule has 0 unspecified atom stereocenters. The predicted molar refractivity (Wildman–Crippen MR) is 38.5 cm³/mol. The summed E-state index contributed by atoms with van der Waals surface area (Å²) >= 11 is 6.27. The van der Waals surface area contributed by atoms with Crippen molar-refractivity contribution in [2.24, 2.45) is 5.14 Å². The quantitative estimate of drug-likeness (QED) is 0.712. The van der Waals surface area contributed by atoms with Crippen molar-refractivity contribution in [1.82, 2.24) is 4.98 Å². The first-order valence-electron chi connectivity index (χ1n) is 2.13. The average Bonchev–Trinajstić information content (AvgIpc) is 2.11. The highest BCUT2D eigenvalue weighted by atomic mass is 35.5. The van der Waals surface area contributed by atoms with Gasteiger partial charge in [0.2, 0.25) is 0 Å². The van der Waals surface area contributed by atoms with Gasteiger partial charge in [0.1, 0.15) is 0 Å². The van der Waals surface area contributed by atoms with Crippen LogP contribution in [0.15, 0.2) is 9.72 Å². The van der Waals surface area contributed by atoms with Crippen LogP contribution in [0, 0.1) is 0 Å². The normalized spacial score (nSPS) is 11.8. The third kappa shape index (κ3) is 1.46. The van der Waals surface area contributed by atoms with Crippen molar-refractivity contribution in [3.63, 3.8) is 0 Å². The number of nitrogens with two attached hydrogens (primary N) is 1. The zero-order valence-corrected chi connectivity index (χ0v) is 7.00. The number of aromatic nitrogens is 1. The Morgan fingerprint density at radius 1 is 1.70 bits per heavy atom. The largest absolute Gasteiger partial charge is 0.250 e. The fourth-order valence-electron chi connectivity index (χ4n) is 0.406. The summed E-state index contributed by atoms with van der Waals surface area (Å²) in [6, 6.07) is 0. The van der Waals surface area contributed by atoms with E-state index in [2.05, 4.69) is 4.98 Å². The number of sulfonamides is 1. The minimum Gasteiger partial charge on any atom is -0.231 e. The molecule has 0 saturated heterocycles. The van der Waals surface area contributed by atoms with Crippen LogP contribution in [-0.4, -0.2) is 13.4 Å². The van der Waals surface area contributed by atoms with Gasteiger partial charge >= 0.3 is 0 Å². The summed E-state index contributed by atoms with van der Waals surface area (Å²) in [4.78, 5) is 3.51. The molecule has 2 N–H and O–H groups in total. The third-order valence-electron chi connectivity index (χ3n) is 0.753. The molecule has 0 aliphatic rings. The van der Waals surface area contributed by atoms with Crippen molar-refractivity contribution in [2.45, 2.75) is 4.21 Å². The van der Waals surface area contributed by atoms with Crippen LogP contribution in [0.25, 0.3) is 0 Å². The van der Waals surface area contributed by atoms with Crippen molar-refractivity contribution < 1.29 is 8.42 Å². The molecule has 0 amide bonds. The fraction of sp³-hybridized carbons (Fsp3) is 0. The molecule has 1 heterocycles. The van der Waals surface area contributed by atoms with Gasteiger partial charge in [0.05, 0.1) is 5.51 Å². The second-order valence-electron chi connectivity index (χ2n) is 1.48. The lowest BCUT2D eigenvalue weighted by Gasteiger charge is -1.88. The van der Waals surface area contributed by atoms with Gasteiger partial charge in [-0.3, -0.25) is 0 Å². The van der Waals surface area contributed by atoms with E-state index in [9.17, 15) is 8.42 Å². The van der Waals surface area contributed by atoms with Crippen molar-refractivity contribution >= 4 is 33.0 Å². The summed E-state index contributed by atoms with van der Waals surface area (Å²) in [5.74, 6) is 0. The van der Waals surface area contributed by atoms with Crippen molar-refractivity contribution in [3.8, 4) is 0 Å². The maximum Gasteiger partial charge on any atom is 0.250 e. The Labute approximate surface area is 66.7 Å². The average molecular weight is 199 g/mol. The molecule has 0 radical (unpaired) electrons. The van der Waals surface area contributed by atoms with Crippen molar-refractivity contribution in [1.29, 1.82) is 0 Å². The first kappa shape index (κ1) is 7.93. The van der Waals surface area contributed by atoms with Crippen molar-refractivity contribution in [2.75, 3.05) is 0 Å². The molecular formula is C3H3ClN2O2S2. The molecule has 0 saturated carbocycles. The predicted octanol–water partition coefficient (Wildman–Crippen LogP) is 0.444. The van der Waals surface area contributed by atoms with Gasteiger partial charge in [-0.2, -0.15) is 0 Å². The topological polar surface area (TPSA) is 73.1 Å². The van der Waals surface area contributed by atoms with E-state index >= 15 is 0 Å². The minimum absolute atomic E-state index is 0.0625. The monoisotopic (exact) mass is 198 g/mol. The van der Waals surface area contributed by atoms with Crippen LogP contribution < -0.4 is 5.14 Å². The highest BCUT2D eigenvalue weighted by Gasteiger charge is 2.14. The molecule has 0 aliphatic heterocycles. The number of hydrogen-bond acceptors (Lipinski definition) is 4. The molecule has 4 nitrogen and oxygen atoms in total. The van der Waals surface area contributed by atoms with E-state index < -0.39 is 10.0 Å². The maximum absolute atomic E-state index is 10.6. The van der Waals surface area contributed by atoms with Gasteiger partial charge in [-0.25, -0.2) is 18.5 Å². The number of hydrogen-bond donors (Lipinski definition) is 1. The first-order valence-corrected chi connectivity index (χ1v) is 4.94. The number of nitrogens with zero attached hydrogens (tertiary/aromatic N) is 1. The standard InChI is InChI=1S/C3H3ClN2O2S2/c4-2-3(9-1-6-2)10(5,7)8/h1H,(H2,5,7,8). The summed E-state index contributed by atoms with van der Waals surface area (Å²) in [6.45, 7) is 0. The maximum atomic E-state index is 10.6. The highest BCUT2D eigenvalue weighted by Crippen LogP contribution is 2.21. The van der Waals surface area contributed by atoms with Crippen LogP contribution >= 0.6 is 22.9 Å². The van der Waals surface area contributed by atoms with Crippen LogP contribution in [-0.2, 0) is 10.0 Å². The fourth-order valence-corrected chi connectivity index (χ4v) is 2.33. The van der Waals surface area contributed by atoms with Gasteiger partial charge in [-0.1, -0.05) is 11.6 Å². The highest BCUT2D eigenvalue weighted by molar-refractivity contribution is 7.91. The molecule has 10 heavy (non-hydrogen) atoms. The van der Waals surface area contributed by atoms with Crippen LogP contribution in [0.2, 0.25) is 5.15 Å². The van der Waals surface area contributed by atoms with Gasteiger partial charge in [-0.15, -0.1) is 11.3 Å². The van der Waals surface area contributed by atoms with E-state index in [-0.39, 0.29) is 9.36 Å². The molecule has 0 aromatic carbocycles. The van der Waals surface area contributed by atoms with E-state index in [4.69, 9.17) is 16.7 Å². The molecule has 56 valence electrons. The van der Waals surface area contributed by atoms with E-state index in [0.29, 0.717) is 0 Å². The van der Waals surface area contributed by atoms with Crippen molar-refractivity contribution in [3.05, 3.63) is 10.7 Å². The van der Waals surface area contributed by atoms with E-state index in [1.807, 2.05) is 0 Å². The summed E-state index contributed by atoms with van der Waals surface area (Å²) < 4.78 is 21.1. The smallest absolute Gasteiger partial charge is 0.231 e. The minimum atomic E-state index is -3.67. The molecular weight excluding hydrogens is 196 g/mol. The Kier molecular flexibility index (Phi) is 1.95. The lowest BCUT2D eigenvalue weighted by molar-refractivity contribution is 0.599. The van der Waals surface area contributed by atoms with Crippen LogP contribution in [0.3, 0.4) is 0 Å². The summed E-state index contributed by atoms with van der Waals surface area (Å²) in [5, 5.41) is 4.70. The SMILES string of the molecule is NS(=O)(=O)c1scnc1Cl. The van der Waals surface area contributed by atoms with Crippen LogP contribution in [0.4, 0.5) is 0 Å². The number of thiazole rings is 1. The molecule has 0 aliphatic carbocycles. The molecule has 7 heteroatoms. The number of primary sulfonamides is 1. The van der Waals surface area contributed by atoms with Gasteiger partial charge in [0, 0.05) is 0 Å². The second kappa shape index (κ2) is 2.46. The Balaban J connectivity index is 3.32. The van der Waals surface area contributed by atoms with Gasteiger partial charge < -0.3 is 0 Å². The Morgan fingerprint density at radius 3 is 2.50 bits per heavy atom. The molecule has 1 aromatic heterocycles. The van der Waals surface area contributed by atoms with E-state index in [1.54, 1.807) is 0 Å². The number of rotatable bonds is 1. The summed E-state index contributed by atoms with van der Waals surface area (Å²) in [6.07, 6.45) is 0. The van der Waals surface area contributed by atoms with E-state index in [1.165, 1.54) is 5.51 Å². The number of halogens is 1. The van der Waals surface area contributed by atoms with Gasteiger partial charge in [0.15, 0.2) is 9.36 Å². The molecule has 1 rings (SSSR count). The van der Waals surface area contributed by atoms with Gasteiger partial charge in [-0.05, 0) is 0 Å². The van der Waals surface area contributed by atoms with E-state index in [0.717, 1.165) is 11.3 Å². The third-order valence-corrected chi connectivity index (χ3v) is 3.58. The van der Waals surface area contributed by atoms with Crippen LogP contribution in [0.1, 0.15) is 0 Å². The summed E-state index contributed by atoms with van der Waals surface area (Å²) in [7, 11) is -3.67. The Morgan fingerprint density at radius 2 is 2.30 bits per heavy atom. The molecule has 0 atom stereocenters. The first-order chi connectivity index (χ1) is 4.52. The molecule has 0 spiro atoms. The zero-order valence-electron chi connectivity index (χ0n) is 4.61.